The molecule has 0 unspecified atom stereocenters. The van der Waals surface area contributed by atoms with E-state index in [1.807, 2.05) is 0 Å². The lowest BCUT2D eigenvalue weighted by atomic mass is 10.1. The third-order valence-electron chi connectivity index (χ3n) is 2.56. The molecule has 0 aromatic rings. The number of ether oxygens (including phenoxy) is 1. The number of nitrogens with one attached hydrogen (secondary N) is 1. The fraction of sp³-hybridized carbons (Fsp3) is 0.545. The van der Waals surface area contributed by atoms with Gasteiger partial charge in [-0.25, -0.2) is 4.79 Å². The normalized spacial score (nSPS) is 24.3. The molecule has 1 heterocycles. The number of carbonyl (C=O) groups is 1. The van der Waals surface area contributed by atoms with Crippen molar-refractivity contribution in [2.75, 3.05) is 26.3 Å². The molecule has 0 aliphatic carbocycles. The average Bonchev–Trinajstić information content (AvgIpc) is 2.64. The first-order chi connectivity index (χ1) is 7.69. The lowest BCUT2D eigenvalue weighted by Gasteiger charge is -2.29. The minimum atomic E-state index is -1.02. The molecule has 5 heteroatoms. The van der Waals surface area contributed by atoms with Crippen molar-refractivity contribution < 1.29 is 14.6 Å². The molecule has 2 atom stereocenters. The summed E-state index contributed by atoms with van der Waals surface area (Å²) in [5, 5.41) is 11.2. The Morgan fingerprint density at radius 2 is 2.06 bits per heavy atom. The van der Waals surface area contributed by atoms with Crippen LogP contribution in [0.15, 0.2) is 25.3 Å². The van der Waals surface area contributed by atoms with E-state index in [1.54, 1.807) is 12.2 Å². The Morgan fingerprint density at radius 1 is 1.44 bits per heavy atom. The molecule has 2 N–H and O–H groups in total. The van der Waals surface area contributed by atoms with E-state index in [2.05, 4.69) is 23.4 Å². The highest BCUT2D eigenvalue weighted by Crippen LogP contribution is 2.13. The van der Waals surface area contributed by atoms with Crippen molar-refractivity contribution in [3.63, 3.8) is 0 Å². The topological polar surface area (TPSA) is 61.8 Å². The third kappa shape index (κ3) is 3.36. The zero-order valence-corrected chi connectivity index (χ0v) is 9.26. The molecule has 1 fully saturated rings. The van der Waals surface area contributed by atoms with Crippen LogP contribution in [-0.2, 0) is 4.74 Å². The van der Waals surface area contributed by atoms with E-state index in [0.29, 0.717) is 26.3 Å². The summed E-state index contributed by atoms with van der Waals surface area (Å²) in [6.45, 7) is 9.71. The molecule has 0 aromatic heterocycles. The Morgan fingerprint density at radius 3 is 2.56 bits per heavy atom. The van der Waals surface area contributed by atoms with Crippen molar-refractivity contribution in [3.05, 3.63) is 25.3 Å². The maximum Gasteiger partial charge on any atom is 0.405 e. The van der Waals surface area contributed by atoms with Crippen LogP contribution in [0.1, 0.15) is 0 Å². The molecule has 1 amide bonds. The molecule has 0 spiro atoms. The Balaban J connectivity index is 2.61. The van der Waals surface area contributed by atoms with E-state index in [-0.39, 0.29) is 12.1 Å². The number of nitrogens with zero attached hydrogens (tertiary/aromatic N) is 1. The first-order valence-electron chi connectivity index (χ1n) is 5.22. The molecule has 90 valence electrons. The van der Waals surface area contributed by atoms with Crippen molar-refractivity contribution in [1.29, 1.82) is 0 Å². The number of carboxylic acid groups (broad SMARTS) is 1. The molecule has 0 aromatic carbocycles. The van der Waals surface area contributed by atoms with Crippen LogP contribution >= 0.6 is 0 Å². The molecule has 0 radical (unpaired) electrons. The Labute approximate surface area is 95.4 Å². The van der Waals surface area contributed by atoms with Gasteiger partial charge in [-0.3, -0.25) is 4.90 Å². The van der Waals surface area contributed by atoms with Crippen molar-refractivity contribution in [3.8, 4) is 0 Å². The highest BCUT2D eigenvalue weighted by Gasteiger charge is 2.33. The van der Waals surface area contributed by atoms with Gasteiger partial charge in [-0.1, -0.05) is 12.2 Å². The second-order valence-corrected chi connectivity index (χ2v) is 3.69. The molecular weight excluding hydrogens is 208 g/mol. The summed E-state index contributed by atoms with van der Waals surface area (Å²) in [5.74, 6) is 0. The summed E-state index contributed by atoms with van der Waals surface area (Å²) in [6.07, 6.45) is 2.57. The number of hydrogen-bond acceptors (Lipinski definition) is 3. The first-order valence-corrected chi connectivity index (χ1v) is 5.22. The standard InChI is InChI=1S/C11H18N2O3/c1-3-5-13(6-4-2)10-8-16-7-9(10)12-11(14)15/h3-4,9-10,12H,1-2,5-8H2,(H,14,15)/t9-,10-/m1/s1. The van der Waals surface area contributed by atoms with Gasteiger partial charge in [-0.2, -0.15) is 0 Å². The summed E-state index contributed by atoms with van der Waals surface area (Å²) < 4.78 is 5.31. The van der Waals surface area contributed by atoms with Gasteiger partial charge >= 0.3 is 6.09 Å². The van der Waals surface area contributed by atoms with Gasteiger partial charge < -0.3 is 15.2 Å². The molecule has 1 rings (SSSR count). The minimum Gasteiger partial charge on any atom is -0.465 e. The third-order valence-corrected chi connectivity index (χ3v) is 2.56. The molecular formula is C11H18N2O3. The highest BCUT2D eigenvalue weighted by molar-refractivity contribution is 5.65. The Bertz CT molecular complexity index is 258. The number of hydrogen-bond donors (Lipinski definition) is 2. The fourth-order valence-electron chi connectivity index (χ4n) is 1.88. The van der Waals surface area contributed by atoms with Gasteiger partial charge in [-0.15, -0.1) is 13.2 Å². The van der Waals surface area contributed by atoms with Gasteiger partial charge in [0.15, 0.2) is 0 Å². The van der Waals surface area contributed by atoms with E-state index >= 15 is 0 Å². The maximum atomic E-state index is 10.6. The molecule has 16 heavy (non-hydrogen) atoms. The lowest BCUT2D eigenvalue weighted by molar-refractivity contribution is 0.158. The smallest absolute Gasteiger partial charge is 0.405 e. The van der Waals surface area contributed by atoms with Gasteiger partial charge in [0.1, 0.15) is 0 Å². The summed E-state index contributed by atoms with van der Waals surface area (Å²) in [6, 6.07) is -0.135. The van der Waals surface area contributed by atoms with Gasteiger partial charge in [0.2, 0.25) is 0 Å². The zero-order valence-electron chi connectivity index (χ0n) is 9.26. The second-order valence-electron chi connectivity index (χ2n) is 3.69. The molecule has 0 bridgehead atoms. The van der Waals surface area contributed by atoms with Crippen molar-refractivity contribution in [1.82, 2.24) is 10.2 Å². The monoisotopic (exact) mass is 226 g/mol. The van der Waals surface area contributed by atoms with Gasteiger partial charge in [0.05, 0.1) is 25.3 Å². The summed E-state index contributed by atoms with van der Waals surface area (Å²) >= 11 is 0. The van der Waals surface area contributed by atoms with Crippen molar-refractivity contribution >= 4 is 6.09 Å². The van der Waals surface area contributed by atoms with Crippen LogP contribution in [0.25, 0.3) is 0 Å². The summed E-state index contributed by atoms with van der Waals surface area (Å²) in [4.78, 5) is 12.7. The molecule has 1 aliphatic rings. The van der Waals surface area contributed by atoms with E-state index < -0.39 is 6.09 Å². The fourth-order valence-corrected chi connectivity index (χ4v) is 1.88. The van der Waals surface area contributed by atoms with Crippen LogP contribution in [-0.4, -0.2) is 54.5 Å². The van der Waals surface area contributed by atoms with Gasteiger partial charge in [0, 0.05) is 13.1 Å². The van der Waals surface area contributed by atoms with Crippen LogP contribution < -0.4 is 5.32 Å². The van der Waals surface area contributed by atoms with Crippen LogP contribution in [0.5, 0.6) is 0 Å². The lowest BCUT2D eigenvalue weighted by Crippen LogP contribution is -2.50. The Kier molecular flexibility index (Phi) is 5.01. The predicted octanol–water partition coefficient (Wildman–Crippen LogP) is 0.695. The molecule has 1 saturated heterocycles. The van der Waals surface area contributed by atoms with Crippen molar-refractivity contribution in [2.24, 2.45) is 0 Å². The van der Waals surface area contributed by atoms with E-state index in [0.717, 1.165) is 0 Å². The quantitative estimate of drug-likeness (QED) is 0.654. The number of rotatable bonds is 6. The largest absolute Gasteiger partial charge is 0.465 e. The molecule has 1 aliphatic heterocycles. The maximum absolute atomic E-state index is 10.6. The summed E-state index contributed by atoms with van der Waals surface area (Å²) in [7, 11) is 0. The number of amides is 1. The van der Waals surface area contributed by atoms with Crippen LogP contribution in [0.3, 0.4) is 0 Å². The van der Waals surface area contributed by atoms with E-state index in [9.17, 15) is 4.79 Å². The SMILES string of the molecule is C=CCN(CC=C)[C@@H]1COC[C@H]1NC(=O)O. The first kappa shape index (κ1) is 12.7. The van der Waals surface area contributed by atoms with Crippen LogP contribution in [0.4, 0.5) is 4.79 Å². The zero-order chi connectivity index (χ0) is 12.0. The van der Waals surface area contributed by atoms with Gasteiger partial charge in [-0.05, 0) is 0 Å². The van der Waals surface area contributed by atoms with Crippen LogP contribution in [0, 0.1) is 0 Å². The predicted molar refractivity (Wildman–Crippen MR) is 61.5 cm³/mol. The average molecular weight is 226 g/mol. The highest BCUT2D eigenvalue weighted by atomic mass is 16.5. The Hall–Kier alpha value is -1.33. The second kappa shape index (κ2) is 6.30. The van der Waals surface area contributed by atoms with Crippen molar-refractivity contribution in [2.45, 2.75) is 12.1 Å². The molecule has 5 nitrogen and oxygen atoms in total. The minimum absolute atomic E-state index is 0.0482. The van der Waals surface area contributed by atoms with Gasteiger partial charge in [0.25, 0.3) is 0 Å². The summed E-state index contributed by atoms with van der Waals surface area (Å²) in [5.41, 5.74) is 0. The van der Waals surface area contributed by atoms with E-state index in [4.69, 9.17) is 9.84 Å². The molecule has 0 saturated carbocycles. The van der Waals surface area contributed by atoms with E-state index in [1.165, 1.54) is 0 Å². The van der Waals surface area contributed by atoms with Crippen LogP contribution in [0.2, 0.25) is 0 Å².